The summed E-state index contributed by atoms with van der Waals surface area (Å²) in [6.45, 7) is 1.89. The van der Waals surface area contributed by atoms with Gasteiger partial charge in [0, 0.05) is 20.6 Å². The zero-order valence-corrected chi connectivity index (χ0v) is 10.3. The van der Waals surface area contributed by atoms with Crippen molar-refractivity contribution in [3.05, 3.63) is 0 Å². The van der Waals surface area contributed by atoms with E-state index >= 15 is 0 Å². The maximum atomic E-state index is 11.6. The molecule has 0 saturated carbocycles. The number of hydrogen-bond donors (Lipinski definition) is 1. The second kappa shape index (κ2) is 7.48. The first-order valence-corrected chi connectivity index (χ1v) is 5.22. The number of carbonyl (C=O) groups excluding carboxylic acids is 2. The van der Waals surface area contributed by atoms with Crippen molar-refractivity contribution in [2.75, 3.05) is 33.8 Å². The predicted molar refractivity (Wildman–Crippen MR) is 59.5 cm³/mol. The Morgan fingerprint density at radius 2 is 1.76 bits per heavy atom. The third kappa shape index (κ3) is 6.39. The van der Waals surface area contributed by atoms with Gasteiger partial charge in [0.2, 0.25) is 0 Å². The summed E-state index contributed by atoms with van der Waals surface area (Å²) < 4.78 is 4.70. The molecule has 0 heterocycles. The molecule has 0 saturated heterocycles. The van der Waals surface area contributed by atoms with Crippen molar-refractivity contribution < 1.29 is 24.2 Å². The van der Waals surface area contributed by atoms with Gasteiger partial charge in [-0.15, -0.1) is 0 Å². The van der Waals surface area contributed by atoms with Gasteiger partial charge in [0.1, 0.15) is 6.54 Å². The number of carbonyl (C=O) groups is 3. The van der Waals surface area contributed by atoms with E-state index in [-0.39, 0.29) is 26.1 Å². The molecule has 0 rings (SSSR count). The first-order chi connectivity index (χ1) is 7.88. The highest BCUT2D eigenvalue weighted by atomic mass is 16.5. The topological polar surface area (TPSA) is 87.2 Å². The van der Waals surface area contributed by atoms with Crippen LogP contribution in [0.5, 0.6) is 0 Å². The van der Waals surface area contributed by atoms with Crippen LogP contribution in [0.1, 0.15) is 13.3 Å². The van der Waals surface area contributed by atoms with Crippen molar-refractivity contribution in [1.82, 2.24) is 9.80 Å². The van der Waals surface area contributed by atoms with Gasteiger partial charge >= 0.3 is 18.0 Å². The van der Waals surface area contributed by atoms with Crippen LogP contribution in [-0.2, 0) is 14.3 Å². The normalized spacial score (nSPS) is 9.59. The Labute approximate surface area is 99.9 Å². The molecule has 0 bridgehead atoms. The molecule has 0 aromatic carbocycles. The summed E-state index contributed by atoms with van der Waals surface area (Å²) in [5.41, 5.74) is 0. The molecule has 0 aliphatic heterocycles. The van der Waals surface area contributed by atoms with Gasteiger partial charge in [-0.3, -0.25) is 9.59 Å². The van der Waals surface area contributed by atoms with Crippen molar-refractivity contribution in [2.24, 2.45) is 0 Å². The summed E-state index contributed by atoms with van der Waals surface area (Å²) >= 11 is 0. The van der Waals surface area contributed by atoms with Crippen LogP contribution in [-0.4, -0.2) is 66.7 Å². The quantitative estimate of drug-likeness (QED) is 0.667. The number of aliphatic carboxylic acids is 1. The lowest BCUT2D eigenvalue weighted by Gasteiger charge is -2.23. The largest absolute Gasteiger partial charge is 0.481 e. The van der Waals surface area contributed by atoms with Gasteiger partial charge in [-0.05, 0) is 6.92 Å². The molecule has 0 radical (unpaired) electrons. The third-order valence-electron chi connectivity index (χ3n) is 1.99. The first kappa shape index (κ1) is 15.2. The fourth-order valence-corrected chi connectivity index (χ4v) is 1.12. The number of hydrogen-bond acceptors (Lipinski definition) is 4. The van der Waals surface area contributed by atoms with E-state index in [0.717, 1.165) is 0 Å². The maximum Gasteiger partial charge on any atom is 0.325 e. The number of ether oxygens (including phenoxy) is 1. The van der Waals surface area contributed by atoms with E-state index in [4.69, 9.17) is 9.84 Å². The summed E-state index contributed by atoms with van der Waals surface area (Å²) in [4.78, 5) is 35.5. The van der Waals surface area contributed by atoms with Crippen molar-refractivity contribution in [3.63, 3.8) is 0 Å². The molecule has 0 aliphatic rings. The number of likely N-dealkylation sites (N-methyl/N-ethyl adjacent to an activating group) is 1. The minimum atomic E-state index is -0.974. The van der Waals surface area contributed by atoms with E-state index in [9.17, 15) is 14.4 Å². The van der Waals surface area contributed by atoms with Gasteiger partial charge < -0.3 is 19.6 Å². The highest BCUT2D eigenvalue weighted by Crippen LogP contribution is 1.96. The molecule has 0 atom stereocenters. The van der Waals surface area contributed by atoms with Crippen LogP contribution >= 0.6 is 0 Å². The molecular weight excluding hydrogens is 228 g/mol. The highest BCUT2D eigenvalue weighted by molar-refractivity contribution is 5.81. The van der Waals surface area contributed by atoms with E-state index in [2.05, 4.69) is 0 Å². The average molecular weight is 246 g/mol. The SMILES string of the molecule is CCOC(=O)CN(C)C(=O)N(C)CCC(=O)O. The fourth-order valence-electron chi connectivity index (χ4n) is 1.12. The Bertz CT molecular complexity index is 292. The van der Waals surface area contributed by atoms with Gasteiger partial charge in [-0.2, -0.15) is 0 Å². The predicted octanol–water partition coefficient (Wildman–Crippen LogP) is 0.00780. The summed E-state index contributed by atoms with van der Waals surface area (Å²) in [6, 6.07) is -0.417. The first-order valence-electron chi connectivity index (χ1n) is 5.22. The number of rotatable bonds is 6. The van der Waals surface area contributed by atoms with Crippen LogP contribution in [0.15, 0.2) is 0 Å². The van der Waals surface area contributed by atoms with Crippen molar-refractivity contribution in [1.29, 1.82) is 0 Å². The van der Waals surface area contributed by atoms with E-state index in [1.54, 1.807) is 6.92 Å². The molecule has 2 amide bonds. The van der Waals surface area contributed by atoms with Crippen LogP contribution in [0.25, 0.3) is 0 Å². The second-order valence-electron chi connectivity index (χ2n) is 3.51. The highest BCUT2D eigenvalue weighted by Gasteiger charge is 2.17. The Kier molecular flexibility index (Phi) is 6.69. The Balaban J connectivity index is 4.10. The Morgan fingerprint density at radius 3 is 2.24 bits per heavy atom. The van der Waals surface area contributed by atoms with E-state index in [1.807, 2.05) is 0 Å². The molecule has 7 nitrogen and oxygen atoms in total. The molecule has 1 N–H and O–H groups in total. The number of carboxylic acids is 1. The molecule has 17 heavy (non-hydrogen) atoms. The van der Waals surface area contributed by atoms with Gasteiger partial charge in [-0.25, -0.2) is 4.79 Å². The fraction of sp³-hybridized carbons (Fsp3) is 0.700. The molecule has 98 valence electrons. The molecule has 0 aromatic heterocycles. The smallest absolute Gasteiger partial charge is 0.325 e. The standard InChI is InChI=1S/C10H18N2O5/c1-4-17-9(15)7-12(3)10(16)11(2)6-5-8(13)14/h4-7H2,1-3H3,(H,13,14). The van der Waals surface area contributed by atoms with Gasteiger partial charge in [-0.1, -0.05) is 0 Å². The molecule has 0 aromatic rings. The number of amides is 2. The minimum Gasteiger partial charge on any atom is -0.481 e. The second-order valence-corrected chi connectivity index (χ2v) is 3.51. The molecular formula is C10H18N2O5. The number of esters is 1. The molecule has 0 unspecified atom stereocenters. The average Bonchev–Trinajstić information content (AvgIpc) is 2.24. The number of urea groups is 1. The van der Waals surface area contributed by atoms with Crippen molar-refractivity contribution in [3.8, 4) is 0 Å². The number of carboxylic acid groups (broad SMARTS) is 1. The van der Waals surface area contributed by atoms with Crippen LogP contribution in [0.4, 0.5) is 4.79 Å². The van der Waals surface area contributed by atoms with E-state index in [0.29, 0.717) is 0 Å². The lowest BCUT2D eigenvalue weighted by Crippen LogP contribution is -2.42. The summed E-state index contributed by atoms with van der Waals surface area (Å²) in [6.07, 6.45) is -0.129. The lowest BCUT2D eigenvalue weighted by molar-refractivity contribution is -0.143. The van der Waals surface area contributed by atoms with Gasteiger partial charge in [0.15, 0.2) is 0 Å². The molecule has 0 fully saturated rings. The van der Waals surface area contributed by atoms with Crippen LogP contribution in [0.2, 0.25) is 0 Å². The summed E-state index contributed by atoms with van der Waals surface area (Å²) in [5.74, 6) is -1.47. The minimum absolute atomic E-state index is 0.0985. The van der Waals surface area contributed by atoms with Crippen LogP contribution in [0, 0.1) is 0 Å². The molecule has 0 aliphatic carbocycles. The molecule has 7 heteroatoms. The van der Waals surface area contributed by atoms with Crippen molar-refractivity contribution in [2.45, 2.75) is 13.3 Å². The van der Waals surface area contributed by atoms with Crippen molar-refractivity contribution >= 4 is 18.0 Å². The summed E-state index contributed by atoms with van der Waals surface area (Å²) in [7, 11) is 2.93. The summed E-state index contributed by atoms with van der Waals surface area (Å²) in [5, 5.41) is 8.47. The van der Waals surface area contributed by atoms with Gasteiger partial charge in [0.25, 0.3) is 0 Å². The monoisotopic (exact) mass is 246 g/mol. The Hall–Kier alpha value is -1.79. The van der Waals surface area contributed by atoms with E-state index in [1.165, 1.54) is 23.9 Å². The maximum absolute atomic E-state index is 11.6. The van der Waals surface area contributed by atoms with Crippen LogP contribution in [0.3, 0.4) is 0 Å². The van der Waals surface area contributed by atoms with E-state index < -0.39 is 18.0 Å². The van der Waals surface area contributed by atoms with Gasteiger partial charge in [0.05, 0.1) is 13.0 Å². The number of nitrogens with zero attached hydrogens (tertiary/aromatic N) is 2. The third-order valence-corrected chi connectivity index (χ3v) is 1.99. The zero-order chi connectivity index (χ0) is 13.4. The molecule has 0 spiro atoms. The lowest BCUT2D eigenvalue weighted by atomic mass is 10.4. The van der Waals surface area contributed by atoms with Crippen LogP contribution < -0.4 is 0 Å². The zero-order valence-electron chi connectivity index (χ0n) is 10.3. The Morgan fingerprint density at radius 1 is 1.18 bits per heavy atom.